The maximum absolute atomic E-state index is 13.3. The highest BCUT2D eigenvalue weighted by molar-refractivity contribution is 6.21. The first kappa shape index (κ1) is 19.4. The Bertz CT molecular complexity index is 766. The van der Waals surface area contributed by atoms with E-state index in [-0.39, 0.29) is 30.7 Å². The van der Waals surface area contributed by atoms with E-state index in [1.54, 1.807) is 24.3 Å². The fraction of sp³-hybridized carbons (Fsp3) is 0.263. The molecular weight excluding hydrogens is 342 g/mol. The Morgan fingerprint density at radius 3 is 2.00 bits per heavy atom. The van der Waals surface area contributed by atoms with Crippen molar-refractivity contribution in [2.75, 3.05) is 18.9 Å². The van der Waals surface area contributed by atoms with Crippen molar-refractivity contribution in [1.29, 1.82) is 0 Å². The first-order valence-corrected chi connectivity index (χ1v) is 8.31. The number of ether oxygens (including phenoxy) is 1. The van der Waals surface area contributed by atoms with Gasteiger partial charge < -0.3 is 10.5 Å². The summed E-state index contributed by atoms with van der Waals surface area (Å²) in [5.74, 6) is -2.49. The van der Waals surface area contributed by atoms with Crippen molar-refractivity contribution < 1.29 is 23.1 Å². The van der Waals surface area contributed by atoms with E-state index in [4.69, 9.17) is 10.5 Å². The van der Waals surface area contributed by atoms with Crippen LogP contribution in [0.2, 0.25) is 0 Å². The molecule has 0 unspecified atom stereocenters. The van der Waals surface area contributed by atoms with Gasteiger partial charge in [0.1, 0.15) is 11.4 Å². The van der Waals surface area contributed by atoms with Crippen molar-refractivity contribution in [2.24, 2.45) is 0 Å². The minimum absolute atomic E-state index is 0.00145. The number of benzene rings is 2. The molecule has 1 heterocycles. The molecule has 0 spiro atoms. The van der Waals surface area contributed by atoms with E-state index in [1.165, 1.54) is 0 Å². The van der Waals surface area contributed by atoms with E-state index in [0.717, 1.165) is 17.0 Å². The zero-order valence-electron chi connectivity index (χ0n) is 14.6. The zero-order valence-corrected chi connectivity index (χ0v) is 14.6. The van der Waals surface area contributed by atoms with Gasteiger partial charge in [-0.3, -0.25) is 14.5 Å². The van der Waals surface area contributed by atoms with E-state index >= 15 is 0 Å². The van der Waals surface area contributed by atoms with Crippen molar-refractivity contribution in [3.05, 3.63) is 59.2 Å². The number of fused-ring (bicyclic) bond motifs is 1. The Hall–Kier alpha value is -2.96. The monoisotopic (exact) mass is 362 g/mol. The summed E-state index contributed by atoms with van der Waals surface area (Å²) in [4.78, 5) is 25.4. The number of anilines is 1. The van der Waals surface area contributed by atoms with Gasteiger partial charge in [-0.2, -0.15) is 0 Å². The lowest BCUT2D eigenvalue weighted by molar-refractivity contribution is 0.0647. The van der Waals surface area contributed by atoms with E-state index in [0.29, 0.717) is 17.5 Å². The standard InChI is InChI=1S/C17H14F2N2O3.C2H6/c18-13-8-10(9-14(19)15(13)20)24-7-3-6-21-16(22)11-4-1-2-5-12(11)17(21)23;1-2/h1-2,4-5,8-9H,3,6-7,20H2;1-2H3. The van der Waals surface area contributed by atoms with Gasteiger partial charge in [0.15, 0.2) is 11.6 Å². The first-order chi connectivity index (χ1) is 12.5. The van der Waals surface area contributed by atoms with Gasteiger partial charge in [0, 0.05) is 18.7 Å². The van der Waals surface area contributed by atoms with Gasteiger partial charge >= 0.3 is 0 Å². The van der Waals surface area contributed by atoms with Crippen LogP contribution >= 0.6 is 0 Å². The summed E-state index contributed by atoms with van der Waals surface area (Å²) >= 11 is 0. The number of nitrogen functional groups attached to an aromatic ring is 1. The van der Waals surface area contributed by atoms with Gasteiger partial charge in [-0.05, 0) is 18.6 Å². The molecule has 0 saturated carbocycles. The number of nitrogens with two attached hydrogens (primary N) is 1. The Labute approximate surface area is 150 Å². The summed E-state index contributed by atoms with van der Waals surface area (Å²) in [6, 6.07) is 8.57. The minimum atomic E-state index is -0.898. The third-order valence-electron chi connectivity index (χ3n) is 3.73. The van der Waals surface area contributed by atoms with Crippen LogP contribution in [0.1, 0.15) is 41.0 Å². The fourth-order valence-corrected chi connectivity index (χ4v) is 2.50. The largest absolute Gasteiger partial charge is 0.493 e. The number of amides is 2. The topological polar surface area (TPSA) is 72.6 Å². The van der Waals surface area contributed by atoms with Crippen molar-refractivity contribution in [3.63, 3.8) is 0 Å². The van der Waals surface area contributed by atoms with E-state index < -0.39 is 17.3 Å². The molecule has 2 aromatic carbocycles. The van der Waals surface area contributed by atoms with Crippen LogP contribution in [0.25, 0.3) is 0 Å². The third-order valence-corrected chi connectivity index (χ3v) is 3.73. The van der Waals surface area contributed by atoms with Crippen molar-refractivity contribution in [3.8, 4) is 5.75 Å². The van der Waals surface area contributed by atoms with Gasteiger partial charge in [-0.25, -0.2) is 8.78 Å². The second-order valence-electron chi connectivity index (χ2n) is 5.31. The van der Waals surface area contributed by atoms with Gasteiger partial charge in [-0.15, -0.1) is 0 Å². The van der Waals surface area contributed by atoms with Crippen LogP contribution in [0, 0.1) is 11.6 Å². The molecule has 0 radical (unpaired) electrons. The second-order valence-corrected chi connectivity index (χ2v) is 5.31. The number of halogens is 2. The molecule has 2 N–H and O–H groups in total. The summed E-state index contributed by atoms with van der Waals surface area (Å²) in [5.41, 5.74) is 5.37. The summed E-state index contributed by atoms with van der Waals surface area (Å²) in [7, 11) is 0. The second kappa shape index (κ2) is 8.42. The molecule has 26 heavy (non-hydrogen) atoms. The van der Waals surface area contributed by atoms with Crippen LogP contribution in [-0.2, 0) is 0 Å². The SMILES string of the molecule is CC.Nc1c(F)cc(OCCCN2C(=O)c3ccccc3C2=O)cc1F. The summed E-state index contributed by atoms with van der Waals surface area (Å²) in [6.45, 7) is 4.25. The molecular formula is C19H20F2N2O3. The fourth-order valence-electron chi connectivity index (χ4n) is 2.50. The van der Waals surface area contributed by atoms with Crippen LogP contribution in [0.15, 0.2) is 36.4 Å². The zero-order chi connectivity index (χ0) is 19.3. The summed E-state index contributed by atoms with van der Waals surface area (Å²) in [5, 5.41) is 0. The molecule has 7 heteroatoms. The number of hydrogen-bond donors (Lipinski definition) is 1. The predicted octanol–water partition coefficient (Wildman–Crippen LogP) is 3.64. The van der Waals surface area contributed by atoms with Crippen LogP contribution < -0.4 is 10.5 Å². The maximum Gasteiger partial charge on any atom is 0.261 e. The quantitative estimate of drug-likeness (QED) is 0.501. The molecule has 0 fully saturated rings. The molecule has 138 valence electrons. The van der Waals surface area contributed by atoms with Gasteiger partial charge in [-0.1, -0.05) is 26.0 Å². The maximum atomic E-state index is 13.3. The van der Waals surface area contributed by atoms with Crippen LogP contribution in [0.3, 0.4) is 0 Å². The molecule has 0 bridgehead atoms. The normalized spacial score (nSPS) is 12.5. The lowest BCUT2D eigenvalue weighted by Crippen LogP contribution is -2.31. The Morgan fingerprint density at radius 2 is 1.50 bits per heavy atom. The highest BCUT2D eigenvalue weighted by Gasteiger charge is 2.34. The van der Waals surface area contributed by atoms with Crippen molar-refractivity contribution >= 4 is 17.5 Å². The van der Waals surface area contributed by atoms with Crippen LogP contribution in [0.4, 0.5) is 14.5 Å². The average molecular weight is 362 g/mol. The molecule has 0 atom stereocenters. The molecule has 5 nitrogen and oxygen atoms in total. The van der Waals surface area contributed by atoms with Gasteiger partial charge in [0.25, 0.3) is 11.8 Å². The van der Waals surface area contributed by atoms with E-state index in [1.807, 2.05) is 13.8 Å². The van der Waals surface area contributed by atoms with E-state index in [9.17, 15) is 18.4 Å². The average Bonchev–Trinajstić information content (AvgIpc) is 2.89. The number of nitrogens with zero attached hydrogens (tertiary/aromatic N) is 1. The Kier molecular flexibility index (Phi) is 6.27. The van der Waals surface area contributed by atoms with Crippen molar-refractivity contribution in [1.82, 2.24) is 4.90 Å². The third kappa shape index (κ3) is 3.82. The minimum Gasteiger partial charge on any atom is -0.493 e. The predicted molar refractivity (Wildman–Crippen MR) is 94.0 cm³/mol. The molecule has 0 aromatic heterocycles. The van der Waals surface area contributed by atoms with E-state index in [2.05, 4.69) is 0 Å². The van der Waals surface area contributed by atoms with Gasteiger partial charge in [0.05, 0.1) is 17.7 Å². The molecule has 2 amide bonds. The Balaban J connectivity index is 0.00000117. The first-order valence-electron chi connectivity index (χ1n) is 8.31. The molecule has 1 aliphatic heterocycles. The molecule has 1 aliphatic rings. The lowest BCUT2D eigenvalue weighted by Gasteiger charge is -2.14. The van der Waals surface area contributed by atoms with Crippen LogP contribution in [-0.4, -0.2) is 29.9 Å². The number of carbonyl (C=O) groups excluding carboxylic acids is 2. The molecule has 0 saturated heterocycles. The lowest BCUT2D eigenvalue weighted by atomic mass is 10.1. The summed E-state index contributed by atoms with van der Waals surface area (Å²) < 4.78 is 31.9. The molecule has 3 rings (SSSR count). The number of rotatable bonds is 5. The smallest absolute Gasteiger partial charge is 0.261 e. The van der Waals surface area contributed by atoms with Crippen LogP contribution in [0.5, 0.6) is 5.75 Å². The molecule has 2 aromatic rings. The number of imide groups is 1. The highest BCUT2D eigenvalue weighted by atomic mass is 19.1. The Morgan fingerprint density at radius 1 is 1.00 bits per heavy atom. The van der Waals surface area contributed by atoms with Crippen molar-refractivity contribution in [2.45, 2.75) is 20.3 Å². The highest BCUT2D eigenvalue weighted by Crippen LogP contribution is 2.24. The molecule has 0 aliphatic carbocycles. The number of hydrogen-bond acceptors (Lipinski definition) is 4. The summed E-state index contributed by atoms with van der Waals surface area (Å²) in [6.07, 6.45) is 0.332. The van der Waals surface area contributed by atoms with Gasteiger partial charge in [0.2, 0.25) is 0 Å². The number of carbonyl (C=O) groups is 2.